The highest BCUT2D eigenvalue weighted by atomic mass is 19.4. The number of aryl methyl sites for hydroxylation is 1. The molecule has 8 nitrogen and oxygen atoms in total. The normalized spacial score (nSPS) is 11.5. The van der Waals surface area contributed by atoms with Crippen molar-refractivity contribution >= 4 is 17.2 Å². The molecule has 4 aromatic rings. The van der Waals surface area contributed by atoms with Gasteiger partial charge in [-0.3, -0.25) is 4.79 Å². The fourth-order valence-electron chi connectivity index (χ4n) is 2.77. The molecule has 3 heterocycles. The second-order valence-electron chi connectivity index (χ2n) is 6.13. The van der Waals surface area contributed by atoms with Crippen LogP contribution in [0.5, 0.6) is 5.75 Å². The van der Waals surface area contributed by atoms with Crippen LogP contribution in [0.3, 0.4) is 0 Å². The summed E-state index contributed by atoms with van der Waals surface area (Å²) in [6, 6.07) is 8.61. The molecule has 0 bridgehead atoms. The number of amides is 1. The predicted molar refractivity (Wildman–Crippen MR) is 99.8 cm³/mol. The van der Waals surface area contributed by atoms with Crippen molar-refractivity contribution in [2.24, 2.45) is 0 Å². The Hall–Kier alpha value is -4.02. The zero-order valence-corrected chi connectivity index (χ0v) is 15.4. The van der Waals surface area contributed by atoms with E-state index in [1.165, 1.54) is 53.4 Å². The number of rotatable bonds is 4. The maximum Gasteiger partial charge on any atom is 0.573 e. The Kier molecular flexibility index (Phi) is 4.78. The number of aromatic nitrogens is 5. The third-order valence-electron chi connectivity index (χ3n) is 4.01. The van der Waals surface area contributed by atoms with Gasteiger partial charge >= 0.3 is 6.36 Å². The van der Waals surface area contributed by atoms with Gasteiger partial charge in [0.1, 0.15) is 23.0 Å². The van der Waals surface area contributed by atoms with E-state index in [1.807, 2.05) is 0 Å². The maximum absolute atomic E-state index is 12.7. The number of para-hydroxylation sites is 1. The molecule has 152 valence electrons. The van der Waals surface area contributed by atoms with Gasteiger partial charge in [-0.2, -0.15) is 5.10 Å². The molecule has 0 spiro atoms. The molecule has 30 heavy (non-hydrogen) atoms. The average molecular weight is 414 g/mol. The lowest BCUT2D eigenvalue weighted by Gasteiger charge is -2.13. The van der Waals surface area contributed by atoms with E-state index in [0.29, 0.717) is 5.82 Å². The largest absolute Gasteiger partial charge is 0.573 e. The smallest absolute Gasteiger partial charge is 0.405 e. The summed E-state index contributed by atoms with van der Waals surface area (Å²) in [6.07, 6.45) is -0.477. The van der Waals surface area contributed by atoms with E-state index in [0.717, 1.165) is 0 Å². The molecule has 4 rings (SSSR count). The standard InChI is InChI=1S/C19H13F3N6O2/c1-11-23-8-6-14(25-11)18(29)27-15-10-24-28-9-7-13(26-17(15)28)12-4-2-3-5-16(12)30-19(20,21)22/h2-10H,1H3,(H,27,29). The molecule has 0 aliphatic heterocycles. The summed E-state index contributed by atoms with van der Waals surface area (Å²) in [7, 11) is 0. The van der Waals surface area contributed by atoms with Gasteiger partial charge in [0.15, 0.2) is 5.65 Å². The molecule has 11 heteroatoms. The average Bonchev–Trinajstić information content (AvgIpc) is 3.09. The summed E-state index contributed by atoms with van der Waals surface area (Å²) in [4.78, 5) is 24.8. The van der Waals surface area contributed by atoms with Crippen LogP contribution in [0.25, 0.3) is 16.9 Å². The first kappa shape index (κ1) is 19.3. The van der Waals surface area contributed by atoms with Gasteiger partial charge in [-0.15, -0.1) is 13.2 Å². The second kappa shape index (κ2) is 7.43. The molecule has 0 fully saturated rings. The van der Waals surface area contributed by atoms with Gasteiger partial charge in [0.2, 0.25) is 0 Å². The minimum Gasteiger partial charge on any atom is -0.405 e. The van der Waals surface area contributed by atoms with Gasteiger partial charge in [-0.1, -0.05) is 12.1 Å². The van der Waals surface area contributed by atoms with Crippen LogP contribution in [0.1, 0.15) is 16.3 Å². The molecule has 1 aromatic carbocycles. The number of nitrogens with zero attached hydrogens (tertiary/aromatic N) is 5. The number of hydrogen-bond donors (Lipinski definition) is 1. The van der Waals surface area contributed by atoms with Crippen molar-refractivity contribution < 1.29 is 22.7 Å². The van der Waals surface area contributed by atoms with E-state index in [1.54, 1.807) is 13.0 Å². The molecule has 0 radical (unpaired) electrons. The summed E-state index contributed by atoms with van der Waals surface area (Å²) in [5.74, 6) is -0.448. The van der Waals surface area contributed by atoms with Crippen LogP contribution in [0.15, 0.2) is 55.0 Å². The molecule has 3 aromatic heterocycles. The lowest BCUT2D eigenvalue weighted by Crippen LogP contribution is -2.17. The lowest BCUT2D eigenvalue weighted by molar-refractivity contribution is -0.274. The van der Waals surface area contributed by atoms with Crippen molar-refractivity contribution in [2.75, 3.05) is 5.32 Å². The summed E-state index contributed by atoms with van der Waals surface area (Å²) in [5.41, 5.74) is 1.03. The highest BCUT2D eigenvalue weighted by molar-refractivity contribution is 6.04. The van der Waals surface area contributed by atoms with Crippen LogP contribution in [0.2, 0.25) is 0 Å². The first-order chi connectivity index (χ1) is 14.3. The summed E-state index contributed by atoms with van der Waals surface area (Å²) in [6.45, 7) is 1.65. The zero-order chi connectivity index (χ0) is 21.3. The van der Waals surface area contributed by atoms with Crippen LogP contribution in [-0.4, -0.2) is 36.8 Å². The Morgan fingerprint density at radius 1 is 1.13 bits per heavy atom. The number of carbonyl (C=O) groups is 1. The maximum atomic E-state index is 12.7. The van der Waals surface area contributed by atoms with E-state index in [2.05, 4.69) is 30.1 Å². The molecule has 0 aliphatic carbocycles. The third-order valence-corrected chi connectivity index (χ3v) is 4.01. The molecule has 0 saturated heterocycles. The van der Waals surface area contributed by atoms with E-state index in [-0.39, 0.29) is 34.0 Å². The topological polar surface area (TPSA) is 94.3 Å². The van der Waals surface area contributed by atoms with E-state index < -0.39 is 12.3 Å². The second-order valence-corrected chi connectivity index (χ2v) is 6.13. The van der Waals surface area contributed by atoms with E-state index >= 15 is 0 Å². The number of alkyl halides is 3. The Labute approximate surface area is 167 Å². The monoisotopic (exact) mass is 414 g/mol. The van der Waals surface area contributed by atoms with Crippen LogP contribution < -0.4 is 10.1 Å². The molecule has 1 amide bonds. The number of ether oxygens (including phenoxy) is 1. The molecule has 1 N–H and O–H groups in total. The van der Waals surface area contributed by atoms with Crippen molar-refractivity contribution in [3.63, 3.8) is 0 Å². The molecule has 0 unspecified atom stereocenters. The van der Waals surface area contributed by atoms with Gasteiger partial charge in [0.25, 0.3) is 5.91 Å². The Morgan fingerprint density at radius 2 is 1.93 bits per heavy atom. The first-order valence-corrected chi connectivity index (χ1v) is 8.61. The number of fused-ring (bicyclic) bond motifs is 1. The zero-order valence-electron chi connectivity index (χ0n) is 15.4. The number of nitrogens with one attached hydrogen (secondary N) is 1. The highest BCUT2D eigenvalue weighted by Gasteiger charge is 2.32. The first-order valence-electron chi connectivity index (χ1n) is 8.61. The SMILES string of the molecule is Cc1nccc(C(=O)Nc2cnn3ccc(-c4ccccc4OC(F)(F)F)nc23)n1. The predicted octanol–water partition coefficient (Wildman–Crippen LogP) is 3.65. The molecular formula is C19H13F3N6O2. The lowest BCUT2D eigenvalue weighted by atomic mass is 10.1. The van der Waals surface area contributed by atoms with Gasteiger partial charge in [-0.05, 0) is 31.2 Å². The Morgan fingerprint density at radius 3 is 2.70 bits per heavy atom. The van der Waals surface area contributed by atoms with E-state index in [9.17, 15) is 18.0 Å². The fourth-order valence-corrected chi connectivity index (χ4v) is 2.77. The van der Waals surface area contributed by atoms with Gasteiger partial charge in [0.05, 0.1) is 11.9 Å². The van der Waals surface area contributed by atoms with Crippen LogP contribution in [0, 0.1) is 6.92 Å². The highest BCUT2D eigenvalue weighted by Crippen LogP contribution is 2.33. The molecule has 0 saturated carbocycles. The van der Waals surface area contributed by atoms with Crippen molar-refractivity contribution in [1.29, 1.82) is 0 Å². The third kappa shape index (κ3) is 4.04. The van der Waals surface area contributed by atoms with Crippen molar-refractivity contribution in [3.05, 3.63) is 66.5 Å². The Bertz CT molecular complexity index is 1240. The van der Waals surface area contributed by atoms with Crippen molar-refractivity contribution in [2.45, 2.75) is 13.3 Å². The van der Waals surface area contributed by atoms with Crippen molar-refractivity contribution in [1.82, 2.24) is 24.6 Å². The molecular weight excluding hydrogens is 401 g/mol. The number of halogens is 3. The number of benzene rings is 1. The number of hydrogen-bond acceptors (Lipinski definition) is 6. The van der Waals surface area contributed by atoms with Crippen LogP contribution >= 0.6 is 0 Å². The van der Waals surface area contributed by atoms with Crippen LogP contribution in [0.4, 0.5) is 18.9 Å². The van der Waals surface area contributed by atoms with Gasteiger partial charge in [0, 0.05) is 18.0 Å². The quantitative estimate of drug-likeness (QED) is 0.548. The number of carbonyl (C=O) groups excluding carboxylic acids is 1. The van der Waals surface area contributed by atoms with Crippen molar-refractivity contribution in [3.8, 4) is 17.0 Å². The van der Waals surface area contributed by atoms with Gasteiger partial charge in [-0.25, -0.2) is 19.5 Å². The minimum atomic E-state index is -4.84. The molecule has 0 atom stereocenters. The minimum absolute atomic E-state index is 0.141. The van der Waals surface area contributed by atoms with Gasteiger partial charge < -0.3 is 10.1 Å². The summed E-state index contributed by atoms with van der Waals surface area (Å²) >= 11 is 0. The summed E-state index contributed by atoms with van der Waals surface area (Å²) < 4.78 is 43.7. The molecule has 0 aliphatic rings. The summed E-state index contributed by atoms with van der Waals surface area (Å²) in [5, 5.41) is 6.75. The van der Waals surface area contributed by atoms with E-state index in [4.69, 9.17) is 0 Å². The van der Waals surface area contributed by atoms with Crippen LogP contribution in [-0.2, 0) is 0 Å². The number of anilines is 1. The fraction of sp³-hybridized carbons (Fsp3) is 0.105. The Balaban J connectivity index is 1.70.